The van der Waals surface area contributed by atoms with Gasteiger partial charge in [-0.15, -0.1) is 0 Å². The number of aromatic amines is 1. The third kappa shape index (κ3) is 3.48. The van der Waals surface area contributed by atoms with Gasteiger partial charge in [-0.05, 0) is 42.0 Å². The Kier molecular flexibility index (Phi) is 4.81. The molecule has 1 heterocycles. The van der Waals surface area contributed by atoms with E-state index in [1.807, 2.05) is 0 Å². The van der Waals surface area contributed by atoms with Crippen LogP contribution in [0.2, 0.25) is 0 Å². The van der Waals surface area contributed by atoms with Crippen LogP contribution in [0.15, 0.2) is 41.2 Å². The van der Waals surface area contributed by atoms with E-state index in [1.165, 1.54) is 37.5 Å². The summed E-state index contributed by atoms with van der Waals surface area (Å²) in [5.41, 5.74) is 0.298. The maximum Gasteiger partial charge on any atom is 0.337 e. The highest BCUT2D eigenvalue weighted by Gasteiger charge is 2.11. The smallest absolute Gasteiger partial charge is 0.337 e. The fraction of sp³-hybridized carbons (Fsp3) is 0.0556. The summed E-state index contributed by atoms with van der Waals surface area (Å²) in [6, 6.07) is 7.56. The lowest BCUT2D eigenvalue weighted by Gasteiger charge is -2.04. The van der Waals surface area contributed by atoms with Gasteiger partial charge in [0, 0.05) is 0 Å². The molecule has 0 radical (unpaired) electrons. The Bertz CT molecular complexity index is 1110. The van der Waals surface area contributed by atoms with E-state index >= 15 is 0 Å². The monoisotopic (exact) mass is 376 g/mol. The van der Waals surface area contributed by atoms with Crippen LogP contribution in [-0.2, 0) is 4.74 Å². The Morgan fingerprint density at radius 2 is 1.96 bits per heavy atom. The highest BCUT2D eigenvalue weighted by Crippen LogP contribution is 2.21. The summed E-state index contributed by atoms with van der Waals surface area (Å²) in [5.74, 6) is -2.55. The number of nitrogens with zero attached hydrogens (tertiary/aromatic N) is 1. The van der Waals surface area contributed by atoms with Crippen molar-refractivity contribution in [2.75, 3.05) is 7.11 Å². The van der Waals surface area contributed by atoms with Crippen molar-refractivity contribution in [3.8, 4) is 0 Å². The van der Waals surface area contributed by atoms with E-state index < -0.39 is 23.2 Å². The number of ether oxygens (including phenoxy) is 1. The number of fused-ring (bicyclic) bond motifs is 1. The van der Waals surface area contributed by atoms with Crippen LogP contribution in [0.5, 0.6) is 0 Å². The number of nitrogens with one attached hydrogen (secondary N) is 1. The number of methoxy groups -OCH3 is 1. The number of benzene rings is 2. The first-order valence-corrected chi connectivity index (χ1v) is 7.72. The van der Waals surface area contributed by atoms with Crippen molar-refractivity contribution < 1.29 is 18.3 Å². The molecule has 0 fully saturated rings. The van der Waals surface area contributed by atoms with E-state index in [0.717, 1.165) is 12.1 Å². The van der Waals surface area contributed by atoms with Gasteiger partial charge >= 0.3 is 5.97 Å². The van der Waals surface area contributed by atoms with Crippen LogP contribution in [0.1, 0.15) is 21.7 Å². The van der Waals surface area contributed by atoms with Crippen LogP contribution in [0.3, 0.4) is 0 Å². The summed E-state index contributed by atoms with van der Waals surface area (Å²) in [7, 11) is 1.24. The number of H-pyrrole nitrogens is 1. The summed E-state index contributed by atoms with van der Waals surface area (Å²) in [4.78, 5) is 30.5. The maximum absolute atomic E-state index is 13.3. The molecule has 3 rings (SSSR count). The minimum absolute atomic E-state index is 0.0125. The third-order valence-corrected chi connectivity index (χ3v) is 3.88. The molecule has 0 aliphatic heterocycles. The van der Waals surface area contributed by atoms with Crippen LogP contribution in [0.4, 0.5) is 8.78 Å². The Balaban J connectivity index is 2.08. The number of halogens is 3. The zero-order valence-electron chi connectivity index (χ0n) is 13.3. The largest absolute Gasteiger partial charge is 0.465 e. The van der Waals surface area contributed by atoms with Gasteiger partial charge in [-0.3, -0.25) is 4.79 Å². The molecule has 0 bridgehead atoms. The lowest BCUT2D eigenvalue weighted by atomic mass is 10.1. The Morgan fingerprint density at radius 1 is 1.19 bits per heavy atom. The van der Waals surface area contributed by atoms with Crippen LogP contribution < -0.4 is 5.56 Å². The molecule has 0 atom stereocenters. The van der Waals surface area contributed by atoms with Crippen molar-refractivity contribution in [2.24, 2.45) is 0 Å². The summed E-state index contributed by atoms with van der Waals surface area (Å²) in [6.07, 6.45) is 1.33. The van der Waals surface area contributed by atoms with Gasteiger partial charge in [-0.25, -0.2) is 18.6 Å². The molecule has 1 N–H and O–H groups in total. The molecular weight excluding hydrogens is 366 g/mol. The van der Waals surface area contributed by atoms with Crippen LogP contribution >= 0.6 is 11.6 Å². The number of carbonyl (C=O) groups is 1. The van der Waals surface area contributed by atoms with Crippen LogP contribution in [-0.4, -0.2) is 23.0 Å². The first-order chi connectivity index (χ1) is 12.4. The van der Waals surface area contributed by atoms with E-state index in [4.69, 9.17) is 11.6 Å². The molecule has 0 unspecified atom stereocenters. The first-order valence-electron chi connectivity index (χ1n) is 7.34. The molecule has 1 aromatic heterocycles. The maximum atomic E-state index is 13.3. The van der Waals surface area contributed by atoms with Crippen molar-refractivity contribution in [3.63, 3.8) is 0 Å². The van der Waals surface area contributed by atoms with Crippen LogP contribution in [0.25, 0.3) is 22.0 Å². The fourth-order valence-corrected chi connectivity index (χ4v) is 2.53. The Hall–Kier alpha value is -3.06. The minimum atomic E-state index is -1.02. The average molecular weight is 377 g/mol. The number of rotatable bonds is 3. The minimum Gasteiger partial charge on any atom is -0.465 e. The normalized spacial score (nSPS) is 11.6. The standard InChI is InChI=1S/C18H11ClF2N2O3/c1-26-18(25)10-3-4-11-15(8-10)22-16(23-17(11)24)12(19)6-9-2-5-13(20)14(21)7-9/h2-8H,1H3,(H,22,23,24)/b12-6-. The van der Waals surface area contributed by atoms with E-state index in [-0.39, 0.29) is 27.3 Å². The lowest BCUT2D eigenvalue weighted by Crippen LogP contribution is -2.11. The van der Waals surface area contributed by atoms with Crippen molar-refractivity contribution >= 4 is 39.6 Å². The van der Waals surface area contributed by atoms with Crippen molar-refractivity contribution in [2.45, 2.75) is 0 Å². The summed E-state index contributed by atoms with van der Waals surface area (Å²) < 4.78 is 30.9. The van der Waals surface area contributed by atoms with Gasteiger partial charge in [-0.2, -0.15) is 0 Å². The highest BCUT2D eigenvalue weighted by molar-refractivity contribution is 6.50. The van der Waals surface area contributed by atoms with Gasteiger partial charge in [0.1, 0.15) is 0 Å². The van der Waals surface area contributed by atoms with Gasteiger partial charge in [0.25, 0.3) is 5.56 Å². The predicted molar refractivity (Wildman–Crippen MR) is 93.8 cm³/mol. The van der Waals surface area contributed by atoms with E-state index in [1.54, 1.807) is 0 Å². The van der Waals surface area contributed by atoms with E-state index in [2.05, 4.69) is 14.7 Å². The van der Waals surface area contributed by atoms with E-state index in [0.29, 0.717) is 5.56 Å². The fourth-order valence-electron chi connectivity index (χ4n) is 2.31. The molecule has 3 aromatic rings. The second-order valence-electron chi connectivity index (χ2n) is 5.30. The second kappa shape index (κ2) is 7.05. The van der Waals surface area contributed by atoms with Crippen molar-refractivity contribution in [1.82, 2.24) is 9.97 Å². The quantitative estimate of drug-likeness (QED) is 0.707. The molecule has 0 amide bonds. The first kappa shape index (κ1) is 17.8. The third-order valence-electron chi connectivity index (χ3n) is 3.59. The van der Waals surface area contributed by atoms with Gasteiger partial charge in [0.2, 0.25) is 0 Å². The number of aromatic nitrogens is 2. The summed E-state index contributed by atoms with van der Waals surface area (Å²) in [6.45, 7) is 0. The van der Waals surface area contributed by atoms with E-state index in [9.17, 15) is 18.4 Å². The lowest BCUT2D eigenvalue weighted by molar-refractivity contribution is 0.0601. The van der Waals surface area contributed by atoms with Crippen LogP contribution in [0, 0.1) is 11.6 Å². The number of esters is 1. The number of hydrogen-bond donors (Lipinski definition) is 1. The van der Waals surface area contributed by atoms with Gasteiger partial charge in [0.05, 0.1) is 28.6 Å². The van der Waals surface area contributed by atoms with Crippen molar-refractivity contribution in [1.29, 1.82) is 0 Å². The molecular formula is C18H11ClF2N2O3. The van der Waals surface area contributed by atoms with Crippen molar-refractivity contribution in [3.05, 3.63) is 75.3 Å². The molecule has 2 aromatic carbocycles. The zero-order chi connectivity index (χ0) is 18.8. The molecule has 0 aliphatic carbocycles. The zero-order valence-corrected chi connectivity index (χ0v) is 14.1. The molecule has 26 heavy (non-hydrogen) atoms. The van der Waals surface area contributed by atoms with Gasteiger partial charge < -0.3 is 9.72 Å². The van der Waals surface area contributed by atoms with Gasteiger partial charge in [-0.1, -0.05) is 17.7 Å². The topological polar surface area (TPSA) is 72.1 Å². The molecule has 132 valence electrons. The molecule has 0 spiro atoms. The summed E-state index contributed by atoms with van der Waals surface area (Å²) in [5, 5.41) is 0.275. The highest BCUT2D eigenvalue weighted by atomic mass is 35.5. The molecule has 5 nitrogen and oxygen atoms in total. The molecule has 0 saturated carbocycles. The number of carbonyl (C=O) groups excluding carboxylic acids is 1. The second-order valence-corrected chi connectivity index (χ2v) is 5.71. The molecule has 0 saturated heterocycles. The predicted octanol–water partition coefficient (Wildman–Crippen LogP) is 3.72. The summed E-state index contributed by atoms with van der Waals surface area (Å²) >= 11 is 6.16. The molecule has 0 aliphatic rings. The Morgan fingerprint density at radius 3 is 2.65 bits per heavy atom. The number of hydrogen-bond acceptors (Lipinski definition) is 4. The Labute approximate surface area is 150 Å². The SMILES string of the molecule is COC(=O)c1ccc2c(=O)[nH]c(/C(Cl)=C/c3ccc(F)c(F)c3)nc2c1. The molecule has 8 heteroatoms. The van der Waals surface area contributed by atoms with Gasteiger partial charge in [0.15, 0.2) is 17.5 Å². The average Bonchev–Trinajstić information content (AvgIpc) is 2.63.